The van der Waals surface area contributed by atoms with Crippen molar-refractivity contribution < 1.29 is 17.2 Å². The highest BCUT2D eigenvalue weighted by molar-refractivity contribution is 9.10. The first-order valence-corrected chi connectivity index (χ1v) is 8.49. The van der Waals surface area contributed by atoms with E-state index in [0.29, 0.717) is 12.5 Å². The van der Waals surface area contributed by atoms with Gasteiger partial charge in [0.25, 0.3) is 0 Å². The van der Waals surface area contributed by atoms with Gasteiger partial charge in [-0.2, -0.15) is 0 Å². The molecule has 0 radical (unpaired) electrons. The Morgan fingerprint density at radius 1 is 1.35 bits per heavy atom. The predicted octanol–water partition coefficient (Wildman–Crippen LogP) is 2.15. The molecule has 2 N–H and O–H groups in total. The molecule has 1 aliphatic rings. The van der Waals surface area contributed by atoms with Gasteiger partial charge in [-0.25, -0.2) is 21.9 Å². The number of hydrogen-bond donors (Lipinski definition) is 2. The third-order valence-corrected chi connectivity index (χ3v) is 5.45. The van der Waals surface area contributed by atoms with Crippen LogP contribution in [0.3, 0.4) is 0 Å². The third kappa shape index (κ3) is 3.36. The van der Waals surface area contributed by atoms with Gasteiger partial charge in [-0.1, -0.05) is 0 Å². The summed E-state index contributed by atoms with van der Waals surface area (Å²) >= 11 is 2.81. The lowest BCUT2D eigenvalue weighted by Gasteiger charge is -2.30. The lowest BCUT2D eigenvalue weighted by atomic mass is 10.0. The fourth-order valence-electron chi connectivity index (χ4n) is 2.18. The first kappa shape index (κ1) is 15.8. The first-order valence-electron chi connectivity index (χ1n) is 6.21. The summed E-state index contributed by atoms with van der Waals surface area (Å²) in [7, 11) is -4.09. The number of halogens is 3. The molecule has 0 spiro atoms. The van der Waals surface area contributed by atoms with E-state index in [1.807, 2.05) is 6.92 Å². The Hall–Kier alpha value is -0.570. The molecule has 1 aromatic rings. The maximum atomic E-state index is 13.7. The Labute approximate surface area is 125 Å². The lowest BCUT2D eigenvalue weighted by molar-refractivity contribution is 0.348. The molecular weight excluding hydrogens is 354 g/mol. The smallest absolute Gasteiger partial charge is 0.243 e. The van der Waals surface area contributed by atoms with Crippen molar-refractivity contribution in [3.8, 4) is 0 Å². The summed E-state index contributed by atoms with van der Waals surface area (Å²) in [5.41, 5.74) is 0. The van der Waals surface area contributed by atoms with Gasteiger partial charge in [-0.15, -0.1) is 0 Å². The Morgan fingerprint density at radius 2 is 2.05 bits per heavy atom. The third-order valence-electron chi connectivity index (χ3n) is 3.33. The van der Waals surface area contributed by atoms with E-state index >= 15 is 0 Å². The summed E-state index contributed by atoms with van der Waals surface area (Å²) in [6.07, 6.45) is 1.49. The van der Waals surface area contributed by atoms with E-state index in [0.717, 1.165) is 19.0 Å². The molecule has 112 valence electrons. The molecule has 1 heterocycles. The van der Waals surface area contributed by atoms with Gasteiger partial charge in [0.05, 0.1) is 4.47 Å². The van der Waals surface area contributed by atoms with E-state index in [1.165, 1.54) is 0 Å². The molecule has 8 heteroatoms. The summed E-state index contributed by atoms with van der Waals surface area (Å²) in [5, 5.41) is 3.14. The molecule has 0 aromatic heterocycles. The number of piperidine rings is 1. The average Bonchev–Trinajstić information content (AvgIpc) is 2.36. The molecule has 1 saturated heterocycles. The van der Waals surface area contributed by atoms with Crippen LogP contribution in [0.25, 0.3) is 0 Å². The lowest BCUT2D eigenvalue weighted by Crippen LogP contribution is -2.51. The van der Waals surface area contributed by atoms with Crippen molar-refractivity contribution in [3.63, 3.8) is 0 Å². The molecule has 1 aliphatic heterocycles. The topological polar surface area (TPSA) is 58.2 Å². The second kappa shape index (κ2) is 6.05. The average molecular weight is 369 g/mol. The SMILES string of the molecule is CC1NCCCC1NS(=O)(=O)c1cc(F)c(Br)cc1F. The molecule has 0 bridgehead atoms. The molecule has 2 atom stereocenters. The van der Waals surface area contributed by atoms with Crippen molar-refractivity contribution in [2.75, 3.05) is 6.54 Å². The van der Waals surface area contributed by atoms with Crippen LogP contribution in [0.4, 0.5) is 8.78 Å². The summed E-state index contributed by atoms with van der Waals surface area (Å²) in [6, 6.07) is 1.11. The highest BCUT2D eigenvalue weighted by Crippen LogP contribution is 2.24. The van der Waals surface area contributed by atoms with Crippen LogP contribution in [-0.2, 0) is 10.0 Å². The maximum Gasteiger partial charge on any atom is 0.243 e. The molecule has 1 fully saturated rings. The highest BCUT2D eigenvalue weighted by Gasteiger charge is 2.29. The van der Waals surface area contributed by atoms with Gasteiger partial charge in [-0.05, 0) is 54.4 Å². The van der Waals surface area contributed by atoms with Crippen molar-refractivity contribution in [2.45, 2.75) is 36.7 Å². The van der Waals surface area contributed by atoms with Crippen molar-refractivity contribution in [1.29, 1.82) is 0 Å². The van der Waals surface area contributed by atoms with Crippen molar-refractivity contribution in [3.05, 3.63) is 28.2 Å². The van der Waals surface area contributed by atoms with Gasteiger partial charge in [0.15, 0.2) is 0 Å². The Balaban J connectivity index is 2.28. The second-order valence-electron chi connectivity index (χ2n) is 4.81. The van der Waals surface area contributed by atoms with Crippen LogP contribution in [0.1, 0.15) is 19.8 Å². The largest absolute Gasteiger partial charge is 0.313 e. The standard InChI is InChI=1S/C12H15BrF2N2O2S/c1-7-11(3-2-4-16-7)17-20(18,19)12-6-9(14)8(13)5-10(12)15/h5-7,11,16-17H,2-4H2,1H3. The maximum absolute atomic E-state index is 13.7. The molecule has 4 nitrogen and oxygen atoms in total. The summed E-state index contributed by atoms with van der Waals surface area (Å²) in [5.74, 6) is -1.80. The van der Waals surface area contributed by atoms with Crippen LogP contribution in [0.15, 0.2) is 21.5 Å². The van der Waals surface area contributed by atoms with E-state index in [-0.39, 0.29) is 16.6 Å². The zero-order valence-electron chi connectivity index (χ0n) is 10.8. The number of benzene rings is 1. The van der Waals surface area contributed by atoms with E-state index < -0.39 is 26.6 Å². The van der Waals surface area contributed by atoms with Crippen LogP contribution in [0.5, 0.6) is 0 Å². The van der Waals surface area contributed by atoms with Gasteiger partial charge >= 0.3 is 0 Å². The Morgan fingerprint density at radius 3 is 2.70 bits per heavy atom. The number of sulfonamides is 1. The monoisotopic (exact) mass is 368 g/mol. The van der Waals surface area contributed by atoms with Crippen LogP contribution >= 0.6 is 15.9 Å². The van der Waals surface area contributed by atoms with E-state index in [4.69, 9.17) is 0 Å². The minimum absolute atomic E-state index is 0.0538. The fraction of sp³-hybridized carbons (Fsp3) is 0.500. The summed E-state index contributed by atoms with van der Waals surface area (Å²) < 4.78 is 53.8. The minimum atomic E-state index is -4.09. The first-order chi connectivity index (χ1) is 9.31. The zero-order valence-corrected chi connectivity index (χ0v) is 13.2. The summed E-state index contributed by atoms with van der Waals surface area (Å²) in [6.45, 7) is 2.67. The molecule has 2 unspecified atom stereocenters. The van der Waals surface area contributed by atoms with Gasteiger partial charge in [0.2, 0.25) is 10.0 Å². The normalized spacial score (nSPS) is 23.8. The van der Waals surface area contributed by atoms with Crippen LogP contribution in [0, 0.1) is 11.6 Å². The van der Waals surface area contributed by atoms with E-state index in [9.17, 15) is 17.2 Å². The highest BCUT2D eigenvalue weighted by atomic mass is 79.9. The van der Waals surface area contributed by atoms with Crippen LogP contribution < -0.4 is 10.0 Å². The van der Waals surface area contributed by atoms with Crippen LogP contribution in [0.2, 0.25) is 0 Å². The second-order valence-corrected chi connectivity index (χ2v) is 7.35. The number of nitrogens with one attached hydrogen (secondary N) is 2. The molecule has 2 rings (SSSR count). The molecule has 1 aromatic carbocycles. The van der Waals surface area contributed by atoms with Crippen molar-refractivity contribution in [1.82, 2.24) is 10.0 Å². The summed E-state index contributed by atoms with van der Waals surface area (Å²) in [4.78, 5) is -0.670. The van der Waals surface area contributed by atoms with Crippen molar-refractivity contribution >= 4 is 26.0 Å². The van der Waals surface area contributed by atoms with Gasteiger partial charge < -0.3 is 5.32 Å². The molecule has 0 aliphatic carbocycles. The Kier molecular flexibility index (Phi) is 4.78. The van der Waals surface area contributed by atoms with Gasteiger partial charge in [0, 0.05) is 12.1 Å². The number of rotatable bonds is 3. The van der Waals surface area contributed by atoms with E-state index in [1.54, 1.807) is 0 Å². The van der Waals surface area contributed by atoms with Crippen LogP contribution in [-0.4, -0.2) is 27.0 Å². The zero-order chi connectivity index (χ0) is 14.9. The van der Waals surface area contributed by atoms with Gasteiger partial charge in [-0.3, -0.25) is 0 Å². The number of hydrogen-bond acceptors (Lipinski definition) is 3. The quantitative estimate of drug-likeness (QED) is 0.803. The predicted molar refractivity (Wildman–Crippen MR) is 74.9 cm³/mol. The molecule has 0 amide bonds. The van der Waals surface area contributed by atoms with E-state index in [2.05, 4.69) is 26.0 Å². The van der Waals surface area contributed by atoms with Gasteiger partial charge in [0.1, 0.15) is 16.5 Å². The molecule has 20 heavy (non-hydrogen) atoms. The Bertz CT molecular complexity index is 610. The van der Waals surface area contributed by atoms with Crippen molar-refractivity contribution in [2.24, 2.45) is 0 Å². The molecular formula is C12H15BrF2N2O2S. The minimum Gasteiger partial charge on any atom is -0.313 e. The molecule has 0 saturated carbocycles. The fourth-order valence-corrected chi connectivity index (χ4v) is 3.92.